The van der Waals surface area contributed by atoms with Gasteiger partial charge in [-0.25, -0.2) is 0 Å². The maximum Gasteiger partial charge on any atom is 0.251 e. The molecule has 1 aromatic heterocycles. The molecule has 4 N–H and O–H groups in total. The lowest BCUT2D eigenvalue weighted by molar-refractivity contribution is -0.119. The van der Waals surface area contributed by atoms with Crippen LogP contribution in [0.1, 0.15) is 47.5 Å². The Morgan fingerprint density at radius 2 is 2.19 bits per heavy atom. The Morgan fingerprint density at radius 3 is 2.81 bits per heavy atom. The van der Waals surface area contributed by atoms with Crippen LogP contribution in [0.2, 0.25) is 0 Å². The molecule has 0 saturated heterocycles. The number of nitrogens with one attached hydrogen (secondary N) is 2. The number of hydrogen-bond acceptors (Lipinski definition) is 4. The summed E-state index contributed by atoms with van der Waals surface area (Å²) in [4.78, 5) is 24.3. The van der Waals surface area contributed by atoms with Crippen molar-refractivity contribution in [1.29, 1.82) is 0 Å². The molecule has 1 aliphatic rings. The molecule has 2 amide bonds. The molecule has 21 heavy (non-hydrogen) atoms. The van der Waals surface area contributed by atoms with Crippen molar-refractivity contribution < 1.29 is 9.59 Å². The van der Waals surface area contributed by atoms with Crippen LogP contribution < -0.4 is 16.4 Å². The minimum absolute atomic E-state index is 0.164. The van der Waals surface area contributed by atoms with Crippen molar-refractivity contribution in [1.82, 2.24) is 5.32 Å². The zero-order valence-electron chi connectivity index (χ0n) is 12.1. The third kappa shape index (κ3) is 3.59. The largest absolute Gasteiger partial charge is 0.365 e. The van der Waals surface area contributed by atoms with E-state index in [1.165, 1.54) is 16.2 Å². The van der Waals surface area contributed by atoms with Crippen LogP contribution in [0.15, 0.2) is 0 Å². The Bertz CT molecular complexity index is 595. The number of amides is 2. The normalized spacial score (nSPS) is 17.0. The van der Waals surface area contributed by atoms with Gasteiger partial charge in [0.25, 0.3) is 5.91 Å². The summed E-state index contributed by atoms with van der Waals surface area (Å²) in [5.74, 6) is -0.00582. The van der Waals surface area contributed by atoms with Crippen molar-refractivity contribution in [2.75, 3.05) is 5.32 Å². The first-order chi connectivity index (χ1) is 9.92. The van der Waals surface area contributed by atoms with Gasteiger partial charge in [0.2, 0.25) is 5.91 Å². The molecule has 114 valence electrons. The van der Waals surface area contributed by atoms with Crippen LogP contribution in [0, 0.1) is 5.92 Å². The van der Waals surface area contributed by atoms with E-state index in [1.54, 1.807) is 6.92 Å². The highest BCUT2D eigenvalue weighted by molar-refractivity contribution is 7.80. The fourth-order valence-corrected chi connectivity index (χ4v) is 4.15. The van der Waals surface area contributed by atoms with Gasteiger partial charge in [-0.2, -0.15) is 0 Å². The number of primary amides is 1. The second-order valence-electron chi connectivity index (χ2n) is 5.28. The second kappa shape index (κ2) is 6.53. The van der Waals surface area contributed by atoms with E-state index in [0.717, 1.165) is 24.8 Å². The second-order valence-corrected chi connectivity index (χ2v) is 6.79. The van der Waals surface area contributed by atoms with Gasteiger partial charge in [0.05, 0.1) is 5.56 Å². The van der Waals surface area contributed by atoms with E-state index in [2.05, 4.69) is 17.6 Å². The average molecular weight is 325 g/mol. The molecule has 7 heteroatoms. The summed E-state index contributed by atoms with van der Waals surface area (Å²) in [5.41, 5.74) is 7.08. The van der Waals surface area contributed by atoms with Crippen LogP contribution in [-0.2, 0) is 17.6 Å². The predicted octanol–water partition coefficient (Wildman–Crippen LogP) is 2.19. The number of carbonyl (C=O) groups excluding carboxylic acids is 2. The number of hydrogen-bond donors (Lipinski definition) is 3. The molecule has 1 atom stereocenters. The quantitative estimate of drug-likeness (QED) is 0.744. The molecule has 1 aromatic rings. The predicted molar refractivity (Wildman–Crippen MR) is 88.7 cm³/mol. The molecule has 0 aliphatic heterocycles. The monoisotopic (exact) mass is 325 g/mol. The molecule has 5 nitrogen and oxygen atoms in total. The summed E-state index contributed by atoms with van der Waals surface area (Å²) in [7, 11) is 0. The fraction of sp³-hybridized carbons (Fsp3) is 0.500. The maximum atomic E-state index is 11.8. The van der Waals surface area contributed by atoms with Crippen LogP contribution in [0.25, 0.3) is 0 Å². The summed E-state index contributed by atoms with van der Waals surface area (Å²) in [6.45, 7) is 3.95. The van der Waals surface area contributed by atoms with Crippen LogP contribution in [0.5, 0.6) is 0 Å². The van der Waals surface area contributed by atoms with Gasteiger partial charge < -0.3 is 16.4 Å². The van der Waals surface area contributed by atoms with E-state index >= 15 is 0 Å². The third-order valence-corrected chi connectivity index (χ3v) is 4.93. The third-order valence-electron chi connectivity index (χ3n) is 3.56. The lowest BCUT2D eigenvalue weighted by atomic mass is 9.88. The van der Waals surface area contributed by atoms with Crippen molar-refractivity contribution >= 4 is 45.5 Å². The lowest BCUT2D eigenvalue weighted by Gasteiger charge is -2.18. The Balaban J connectivity index is 2.25. The smallest absolute Gasteiger partial charge is 0.251 e. The number of fused-ring (bicyclic) bond motifs is 1. The Labute approximate surface area is 133 Å². The topological polar surface area (TPSA) is 84.2 Å². The van der Waals surface area contributed by atoms with E-state index in [1.807, 2.05) is 0 Å². The van der Waals surface area contributed by atoms with Gasteiger partial charge in [-0.15, -0.1) is 11.3 Å². The summed E-state index contributed by atoms with van der Waals surface area (Å²) in [6, 6.07) is 0. The van der Waals surface area contributed by atoms with Crippen LogP contribution in [0.3, 0.4) is 0 Å². The van der Waals surface area contributed by atoms with E-state index in [4.69, 9.17) is 18.0 Å². The van der Waals surface area contributed by atoms with Gasteiger partial charge in [0.1, 0.15) is 5.00 Å². The van der Waals surface area contributed by atoms with E-state index < -0.39 is 5.91 Å². The van der Waals surface area contributed by atoms with Gasteiger partial charge in [0, 0.05) is 11.3 Å². The number of anilines is 1. The zero-order valence-corrected chi connectivity index (χ0v) is 13.7. The Hall–Kier alpha value is -1.47. The molecular weight excluding hydrogens is 306 g/mol. The SMILES string of the molecule is CCC(=O)NC(=S)Nc1sc2c(c1C(N)=O)CCC(C)C2. The summed E-state index contributed by atoms with van der Waals surface area (Å²) >= 11 is 6.61. The Morgan fingerprint density at radius 1 is 1.48 bits per heavy atom. The molecule has 0 bridgehead atoms. The molecule has 0 spiro atoms. The minimum atomic E-state index is -0.450. The molecule has 0 aromatic carbocycles. The molecule has 0 saturated carbocycles. The minimum Gasteiger partial charge on any atom is -0.365 e. The fourth-order valence-electron chi connectivity index (χ4n) is 2.45. The van der Waals surface area contributed by atoms with Gasteiger partial charge in [-0.1, -0.05) is 13.8 Å². The molecule has 1 unspecified atom stereocenters. The van der Waals surface area contributed by atoms with Gasteiger partial charge in [0.15, 0.2) is 5.11 Å². The number of nitrogens with two attached hydrogens (primary N) is 1. The highest BCUT2D eigenvalue weighted by atomic mass is 32.1. The van der Waals surface area contributed by atoms with Gasteiger partial charge in [-0.3, -0.25) is 9.59 Å². The van der Waals surface area contributed by atoms with Crippen molar-refractivity contribution in [3.8, 4) is 0 Å². The summed E-state index contributed by atoms with van der Waals surface area (Å²) in [6.07, 6.45) is 3.22. The number of carbonyl (C=O) groups is 2. The maximum absolute atomic E-state index is 11.8. The van der Waals surface area contributed by atoms with E-state index in [0.29, 0.717) is 22.9 Å². The first-order valence-electron chi connectivity index (χ1n) is 6.97. The lowest BCUT2D eigenvalue weighted by Crippen LogP contribution is -2.33. The summed E-state index contributed by atoms with van der Waals surface area (Å²) in [5, 5.41) is 6.36. The molecule has 2 rings (SSSR count). The number of thiocarbonyl (C=S) groups is 1. The first kappa shape index (κ1) is 15.9. The van der Waals surface area contributed by atoms with Gasteiger partial charge in [-0.05, 0) is 43.0 Å². The van der Waals surface area contributed by atoms with Crippen molar-refractivity contribution in [2.24, 2.45) is 11.7 Å². The van der Waals surface area contributed by atoms with Crippen LogP contribution in [0.4, 0.5) is 5.00 Å². The highest BCUT2D eigenvalue weighted by Crippen LogP contribution is 2.39. The van der Waals surface area contributed by atoms with E-state index in [9.17, 15) is 9.59 Å². The van der Waals surface area contributed by atoms with Crippen molar-refractivity contribution in [3.05, 3.63) is 16.0 Å². The standard InChI is InChI=1S/C14H19N3O2S2/c1-3-10(18)16-14(20)17-13-11(12(15)19)8-5-4-7(2)6-9(8)21-13/h7H,3-6H2,1-2H3,(H2,15,19)(H2,16,17,18,20). The summed E-state index contributed by atoms with van der Waals surface area (Å²) < 4.78 is 0. The zero-order chi connectivity index (χ0) is 15.6. The van der Waals surface area contributed by atoms with Gasteiger partial charge >= 0.3 is 0 Å². The molecule has 0 fully saturated rings. The Kier molecular flexibility index (Phi) is 4.95. The van der Waals surface area contributed by atoms with Crippen LogP contribution >= 0.6 is 23.6 Å². The molecule has 0 radical (unpaired) electrons. The number of rotatable bonds is 3. The average Bonchev–Trinajstić information content (AvgIpc) is 2.74. The van der Waals surface area contributed by atoms with Crippen LogP contribution in [-0.4, -0.2) is 16.9 Å². The highest BCUT2D eigenvalue weighted by Gasteiger charge is 2.26. The van der Waals surface area contributed by atoms with Crippen molar-refractivity contribution in [2.45, 2.75) is 39.5 Å². The first-order valence-corrected chi connectivity index (χ1v) is 8.20. The van der Waals surface area contributed by atoms with Crippen molar-refractivity contribution in [3.63, 3.8) is 0 Å². The molecule has 1 heterocycles. The number of thiophene rings is 1. The molecule has 1 aliphatic carbocycles. The van der Waals surface area contributed by atoms with E-state index in [-0.39, 0.29) is 11.0 Å². The molecular formula is C14H19N3O2S2.